The van der Waals surface area contributed by atoms with Crippen molar-refractivity contribution in [1.29, 1.82) is 0 Å². The Morgan fingerprint density at radius 2 is 2.37 bits per heavy atom. The molecule has 6 nitrogen and oxygen atoms in total. The Labute approximate surface area is 112 Å². The highest BCUT2D eigenvalue weighted by Crippen LogP contribution is 2.14. The van der Waals surface area contributed by atoms with Gasteiger partial charge in [-0.2, -0.15) is 0 Å². The number of H-pyrrole nitrogens is 1. The van der Waals surface area contributed by atoms with Gasteiger partial charge in [-0.3, -0.25) is 4.79 Å². The van der Waals surface area contributed by atoms with E-state index in [-0.39, 0.29) is 5.91 Å². The Morgan fingerprint density at radius 3 is 3.00 bits per heavy atom. The second kappa shape index (κ2) is 5.60. The molecule has 0 aliphatic rings. The first-order chi connectivity index (χ1) is 9.11. The van der Waals surface area contributed by atoms with E-state index in [0.29, 0.717) is 17.9 Å². The lowest BCUT2D eigenvalue weighted by molar-refractivity contribution is 0.0771. The van der Waals surface area contributed by atoms with Gasteiger partial charge in [-0.25, -0.2) is 4.98 Å². The van der Waals surface area contributed by atoms with E-state index in [9.17, 15) is 4.79 Å². The van der Waals surface area contributed by atoms with Crippen LogP contribution in [0.25, 0.3) is 0 Å². The largest absolute Gasteiger partial charge is 0.397 e. The summed E-state index contributed by atoms with van der Waals surface area (Å²) in [7, 11) is 1.75. The lowest BCUT2D eigenvalue weighted by Crippen LogP contribution is -2.28. The molecule has 0 atom stereocenters. The normalized spacial score (nSPS) is 10.6. The molecular weight excluding hydrogens is 242 g/mol. The standard InChI is InChI=1S/C13H19N5O/c1-3-6-18-8-10(14)7-11(18)13(19)17(2)9-12-15-4-5-16-12/h4-5,7-8H,3,6,9,14H2,1-2H3,(H,15,16). The molecule has 2 aromatic heterocycles. The number of rotatable bonds is 5. The van der Waals surface area contributed by atoms with E-state index in [4.69, 9.17) is 5.73 Å². The molecule has 0 spiro atoms. The van der Waals surface area contributed by atoms with Gasteiger partial charge in [-0.15, -0.1) is 0 Å². The summed E-state index contributed by atoms with van der Waals surface area (Å²) in [6.45, 7) is 3.30. The van der Waals surface area contributed by atoms with Crippen LogP contribution in [0.2, 0.25) is 0 Å². The summed E-state index contributed by atoms with van der Waals surface area (Å²) in [5, 5.41) is 0. The Hall–Kier alpha value is -2.24. The summed E-state index contributed by atoms with van der Waals surface area (Å²) in [6, 6.07) is 1.72. The van der Waals surface area contributed by atoms with Gasteiger partial charge in [-0.1, -0.05) is 6.92 Å². The average Bonchev–Trinajstić information content (AvgIpc) is 2.98. The molecule has 0 fully saturated rings. The molecule has 0 radical (unpaired) electrons. The molecule has 0 saturated carbocycles. The maximum Gasteiger partial charge on any atom is 0.270 e. The van der Waals surface area contributed by atoms with E-state index in [1.165, 1.54) is 0 Å². The third-order valence-corrected chi connectivity index (χ3v) is 2.89. The zero-order valence-corrected chi connectivity index (χ0v) is 11.3. The van der Waals surface area contributed by atoms with E-state index in [0.717, 1.165) is 18.8 Å². The van der Waals surface area contributed by atoms with Crippen molar-refractivity contribution in [2.45, 2.75) is 26.4 Å². The molecule has 1 amide bonds. The molecule has 2 heterocycles. The maximum atomic E-state index is 12.4. The smallest absolute Gasteiger partial charge is 0.270 e. The van der Waals surface area contributed by atoms with Crippen LogP contribution in [0.15, 0.2) is 24.7 Å². The number of imidazole rings is 1. The number of carbonyl (C=O) groups excluding carboxylic acids is 1. The Morgan fingerprint density at radius 1 is 1.58 bits per heavy atom. The van der Waals surface area contributed by atoms with Gasteiger partial charge in [-0.05, 0) is 12.5 Å². The van der Waals surface area contributed by atoms with Crippen molar-refractivity contribution in [1.82, 2.24) is 19.4 Å². The third-order valence-electron chi connectivity index (χ3n) is 2.89. The fourth-order valence-corrected chi connectivity index (χ4v) is 2.01. The number of aromatic amines is 1. The van der Waals surface area contributed by atoms with E-state index in [1.54, 1.807) is 36.6 Å². The SMILES string of the molecule is CCCn1cc(N)cc1C(=O)N(C)Cc1ncc[nH]1. The Balaban J connectivity index is 2.14. The van der Waals surface area contributed by atoms with Crippen LogP contribution in [0.1, 0.15) is 29.7 Å². The van der Waals surface area contributed by atoms with Gasteiger partial charge in [0.05, 0.1) is 12.2 Å². The molecule has 3 N–H and O–H groups in total. The predicted molar refractivity (Wildman–Crippen MR) is 73.5 cm³/mol. The minimum absolute atomic E-state index is 0.0541. The zero-order valence-electron chi connectivity index (χ0n) is 11.3. The van der Waals surface area contributed by atoms with Crippen LogP contribution in [-0.2, 0) is 13.1 Å². The van der Waals surface area contributed by atoms with Crippen LogP contribution in [-0.4, -0.2) is 32.4 Å². The molecule has 0 aliphatic heterocycles. The van der Waals surface area contributed by atoms with Gasteiger partial charge in [0, 0.05) is 32.2 Å². The van der Waals surface area contributed by atoms with E-state index >= 15 is 0 Å². The van der Waals surface area contributed by atoms with Crippen molar-refractivity contribution in [3.05, 3.63) is 36.2 Å². The third kappa shape index (κ3) is 2.96. The van der Waals surface area contributed by atoms with Crippen molar-refractivity contribution in [2.75, 3.05) is 12.8 Å². The molecule has 2 rings (SSSR count). The number of carbonyl (C=O) groups is 1. The van der Waals surface area contributed by atoms with E-state index in [1.807, 2.05) is 4.57 Å². The Bertz CT molecular complexity index is 543. The highest BCUT2D eigenvalue weighted by molar-refractivity contribution is 5.93. The quantitative estimate of drug-likeness (QED) is 0.855. The highest BCUT2D eigenvalue weighted by Gasteiger charge is 2.17. The second-order valence-corrected chi connectivity index (χ2v) is 4.55. The molecule has 0 unspecified atom stereocenters. The number of aromatic nitrogens is 3. The van der Waals surface area contributed by atoms with Crippen LogP contribution in [0.3, 0.4) is 0 Å². The molecule has 0 aliphatic carbocycles. The number of nitrogens with one attached hydrogen (secondary N) is 1. The molecule has 6 heteroatoms. The van der Waals surface area contributed by atoms with Crippen molar-refractivity contribution in [3.8, 4) is 0 Å². The molecule has 2 aromatic rings. The lowest BCUT2D eigenvalue weighted by atomic mass is 10.3. The summed E-state index contributed by atoms with van der Waals surface area (Å²) in [6.07, 6.45) is 6.17. The topological polar surface area (TPSA) is 79.9 Å². The monoisotopic (exact) mass is 261 g/mol. The van der Waals surface area contributed by atoms with Crippen molar-refractivity contribution < 1.29 is 4.79 Å². The first-order valence-corrected chi connectivity index (χ1v) is 6.31. The number of hydrogen-bond acceptors (Lipinski definition) is 3. The minimum Gasteiger partial charge on any atom is -0.397 e. The van der Waals surface area contributed by atoms with Crippen LogP contribution in [0.4, 0.5) is 5.69 Å². The Kier molecular flexibility index (Phi) is 3.89. The van der Waals surface area contributed by atoms with Crippen molar-refractivity contribution in [2.24, 2.45) is 0 Å². The number of amides is 1. The number of nitrogens with two attached hydrogens (primary N) is 1. The van der Waals surface area contributed by atoms with Crippen LogP contribution in [0, 0.1) is 0 Å². The number of hydrogen-bond donors (Lipinski definition) is 2. The summed E-state index contributed by atoms with van der Waals surface area (Å²) in [4.78, 5) is 21.1. The fourth-order valence-electron chi connectivity index (χ4n) is 2.01. The predicted octanol–water partition coefficient (Wildman–Crippen LogP) is 1.48. The summed E-state index contributed by atoms with van der Waals surface area (Å²) in [5.41, 5.74) is 7.01. The molecule has 0 aromatic carbocycles. The maximum absolute atomic E-state index is 12.4. The summed E-state index contributed by atoms with van der Waals surface area (Å²) < 4.78 is 1.90. The molecule has 0 saturated heterocycles. The molecular formula is C13H19N5O. The average molecular weight is 261 g/mol. The zero-order chi connectivity index (χ0) is 13.8. The van der Waals surface area contributed by atoms with Crippen LogP contribution in [0.5, 0.6) is 0 Å². The highest BCUT2D eigenvalue weighted by atomic mass is 16.2. The molecule has 0 bridgehead atoms. The van der Waals surface area contributed by atoms with Crippen molar-refractivity contribution >= 4 is 11.6 Å². The van der Waals surface area contributed by atoms with E-state index in [2.05, 4.69) is 16.9 Å². The second-order valence-electron chi connectivity index (χ2n) is 4.55. The number of anilines is 1. The summed E-state index contributed by atoms with van der Waals surface area (Å²) >= 11 is 0. The van der Waals surface area contributed by atoms with Gasteiger partial charge in [0.1, 0.15) is 11.5 Å². The van der Waals surface area contributed by atoms with Crippen LogP contribution >= 0.6 is 0 Å². The van der Waals surface area contributed by atoms with Crippen molar-refractivity contribution in [3.63, 3.8) is 0 Å². The van der Waals surface area contributed by atoms with Gasteiger partial charge < -0.3 is 20.2 Å². The van der Waals surface area contributed by atoms with Gasteiger partial charge in [0.25, 0.3) is 5.91 Å². The number of nitrogens with zero attached hydrogens (tertiary/aromatic N) is 3. The van der Waals surface area contributed by atoms with E-state index < -0.39 is 0 Å². The molecule has 102 valence electrons. The minimum atomic E-state index is -0.0541. The first kappa shape index (κ1) is 13.2. The van der Waals surface area contributed by atoms with Gasteiger partial charge >= 0.3 is 0 Å². The number of nitrogen functional groups attached to an aromatic ring is 1. The molecule has 19 heavy (non-hydrogen) atoms. The number of aryl methyl sites for hydroxylation is 1. The lowest BCUT2D eigenvalue weighted by Gasteiger charge is -2.17. The van der Waals surface area contributed by atoms with Gasteiger partial charge in [0.15, 0.2) is 0 Å². The van der Waals surface area contributed by atoms with Crippen LogP contribution < -0.4 is 5.73 Å². The summed E-state index contributed by atoms with van der Waals surface area (Å²) in [5.74, 6) is 0.707. The van der Waals surface area contributed by atoms with Gasteiger partial charge in [0.2, 0.25) is 0 Å². The fraction of sp³-hybridized carbons (Fsp3) is 0.385. The first-order valence-electron chi connectivity index (χ1n) is 6.31.